The van der Waals surface area contributed by atoms with Crippen LogP contribution in [0.25, 0.3) is 0 Å². The van der Waals surface area contributed by atoms with Crippen LogP contribution in [0, 0.1) is 0 Å². The summed E-state index contributed by atoms with van der Waals surface area (Å²) in [5.41, 5.74) is 2.59. The molecule has 0 unspecified atom stereocenters. The monoisotopic (exact) mass is 279 g/mol. The second kappa shape index (κ2) is 4.51. The third-order valence-corrected chi connectivity index (χ3v) is 3.97. The van der Waals surface area contributed by atoms with Crippen molar-refractivity contribution < 1.29 is 8.42 Å². The topological polar surface area (TPSA) is 47.0 Å². The van der Waals surface area contributed by atoms with Gasteiger partial charge < -0.3 is 0 Å². The van der Waals surface area contributed by atoms with Gasteiger partial charge in [0.05, 0.1) is 5.75 Å². The number of halogens is 2. The van der Waals surface area contributed by atoms with Crippen molar-refractivity contribution in [3.05, 3.63) is 28.0 Å². The van der Waals surface area contributed by atoms with Crippen molar-refractivity contribution in [2.24, 2.45) is 0 Å². The Morgan fingerprint density at radius 2 is 2.00 bits per heavy atom. The highest BCUT2D eigenvalue weighted by molar-refractivity contribution is 8.13. The van der Waals surface area contributed by atoms with Crippen molar-refractivity contribution in [3.63, 3.8) is 0 Å². The lowest BCUT2D eigenvalue weighted by molar-refractivity contribution is 0.608. The number of hydrogen-bond acceptors (Lipinski definition) is 3. The Morgan fingerprint density at radius 3 is 2.69 bits per heavy atom. The first-order chi connectivity index (χ1) is 7.46. The van der Waals surface area contributed by atoms with Crippen LogP contribution in [0.5, 0.6) is 0 Å². The molecule has 0 bridgehead atoms. The van der Waals surface area contributed by atoms with Gasteiger partial charge in [0.15, 0.2) is 0 Å². The van der Waals surface area contributed by atoms with Gasteiger partial charge in [-0.1, -0.05) is 11.6 Å². The molecule has 6 heteroatoms. The molecule has 0 radical (unpaired) electrons. The van der Waals surface area contributed by atoms with Gasteiger partial charge in [-0.3, -0.25) is 0 Å². The van der Waals surface area contributed by atoms with Crippen molar-refractivity contribution in [1.29, 1.82) is 0 Å². The lowest BCUT2D eigenvalue weighted by atomic mass is 9.95. The maximum atomic E-state index is 11.0. The zero-order valence-corrected chi connectivity index (χ0v) is 10.9. The van der Waals surface area contributed by atoms with Crippen molar-refractivity contribution in [2.45, 2.75) is 31.4 Å². The highest BCUT2D eigenvalue weighted by Gasteiger charge is 2.17. The van der Waals surface area contributed by atoms with Crippen LogP contribution < -0.4 is 0 Å². The van der Waals surface area contributed by atoms with Crippen LogP contribution in [0.1, 0.15) is 29.7 Å². The number of aromatic nitrogens is 1. The van der Waals surface area contributed by atoms with E-state index >= 15 is 0 Å². The number of hydrogen-bond donors (Lipinski definition) is 0. The molecule has 1 aliphatic rings. The largest absolute Gasteiger partial charge is 0.241 e. The van der Waals surface area contributed by atoms with Gasteiger partial charge in [-0.15, -0.1) is 0 Å². The number of fused-ring (bicyclic) bond motifs is 1. The third-order valence-electron chi connectivity index (χ3n) is 2.65. The van der Waals surface area contributed by atoms with Crippen LogP contribution >= 0.6 is 22.3 Å². The minimum atomic E-state index is -3.58. The fourth-order valence-corrected chi connectivity index (χ4v) is 3.19. The van der Waals surface area contributed by atoms with E-state index in [9.17, 15) is 8.42 Å². The number of nitrogens with zero attached hydrogens (tertiary/aromatic N) is 1. The van der Waals surface area contributed by atoms with E-state index in [0.29, 0.717) is 5.56 Å². The Kier molecular flexibility index (Phi) is 3.42. The summed E-state index contributed by atoms with van der Waals surface area (Å²) in [5.74, 6) is -0.256. The molecule has 2 rings (SSSR count). The van der Waals surface area contributed by atoms with Crippen LogP contribution in [0.4, 0.5) is 0 Å². The molecule has 1 heterocycles. The molecule has 1 aromatic rings. The number of rotatable bonds is 2. The fourth-order valence-electron chi connectivity index (χ4n) is 1.94. The summed E-state index contributed by atoms with van der Waals surface area (Å²) in [4.78, 5) is 4.24. The second-order valence-electron chi connectivity index (χ2n) is 3.93. The van der Waals surface area contributed by atoms with Gasteiger partial charge in [0, 0.05) is 21.9 Å². The highest BCUT2D eigenvalue weighted by atomic mass is 35.7. The maximum absolute atomic E-state index is 11.0. The molecular formula is C10H11Cl2NO2S. The van der Waals surface area contributed by atoms with Crippen LogP contribution in [-0.2, 0) is 27.6 Å². The lowest BCUT2D eigenvalue weighted by Crippen LogP contribution is -2.08. The lowest BCUT2D eigenvalue weighted by Gasteiger charge is -2.16. The molecule has 0 aromatic carbocycles. The summed E-state index contributed by atoms with van der Waals surface area (Å²) >= 11 is 5.93. The van der Waals surface area contributed by atoms with Crippen molar-refractivity contribution >= 4 is 31.3 Å². The fraction of sp³-hybridized carbons (Fsp3) is 0.500. The zero-order valence-electron chi connectivity index (χ0n) is 8.54. The van der Waals surface area contributed by atoms with E-state index in [2.05, 4.69) is 4.98 Å². The molecule has 0 atom stereocenters. The van der Waals surface area contributed by atoms with Gasteiger partial charge in [0.25, 0.3) is 0 Å². The molecule has 0 saturated heterocycles. The van der Waals surface area contributed by atoms with E-state index in [1.807, 2.05) is 6.07 Å². The Labute approximate surface area is 104 Å². The van der Waals surface area contributed by atoms with Crippen LogP contribution in [0.3, 0.4) is 0 Å². The molecule has 1 aromatic heterocycles. The molecule has 0 spiro atoms. The normalized spacial score (nSPS) is 15.9. The molecular weight excluding hydrogens is 269 g/mol. The SMILES string of the molecule is O=S(=O)(Cl)Cc1cc2c(nc1Cl)CCCC2. The van der Waals surface area contributed by atoms with E-state index in [4.69, 9.17) is 22.3 Å². The van der Waals surface area contributed by atoms with Crippen LogP contribution in [-0.4, -0.2) is 13.4 Å². The molecule has 88 valence electrons. The molecule has 0 fully saturated rings. The van der Waals surface area contributed by atoms with Gasteiger partial charge in [-0.25, -0.2) is 13.4 Å². The first-order valence-electron chi connectivity index (χ1n) is 5.05. The zero-order chi connectivity index (χ0) is 11.8. The summed E-state index contributed by atoms with van der Waals surface area (Å²) in [6.07, 6.45) is 4.09. The van der Waals surface area contributed by atoms with Gasteiger partial charge in [-0.05, 0) is 37.3 Å². The van der Waals surface area contributed by atoms with E-state index in [1.54, 1.807) is 0 Å². The van der Waals surface area contributed by atoms with Crippen LogP contribution in [0.15, 0.2) is 6.07 Å². The van der Waals surface area contributed by atoms with E-state index in [1.165, 1.54) is 0 Å². The number of pyridine rings is 1. The minimum absolute atomic E-state index is 0.255. The molecule has 0 aliphatic heterocycles. The highest BCUT2D eigenvalue weighted by Crippen LogP contribution is 2.26. The standard InChI is InChI=1S/C10H11Cl2NO2S/c11-10-8(6-16(12,14)15)5-7-3-1-2-4-9(7)13-10/h5H,1-4,6H2. The smallest absolute Gasteiger partial charge is 0.236 e. The van der Waals surface area contributed by atoms with Crippen LogP contribution in [0.2, 0.25) is 5.15 Å². The summed E-state index contributed by atoms with van der Waals surface area (Å²) in [6, 6.07) is 1.82. The summed E-state index contributed by atoms with van der Waals surface area (Å²) in [5, 5.41) is 0.255. The Bertz CT molecular complexity index is 514. The molecule has 0 N–H and O–H groups in total. The van der Waals surface area contributed by atoms with Gasteiger partial charge in [0.1, 0.15) is 5.15 Å². The summed E-state index contributed by atoms with van der Waals surface area (Å²) in [7, 11) is 1.63. The third kappa shape index (κ3) is 2.87. The first-order valence-corrected chi connectivity index (χ1v) is 7.91. The van der Waals surface area contributed by atoms with Crippen molar-refractivity contribution in [2.75, 3.05) is 0 Å². The Balaban J connectivity index is 2.40. The minimum Gasteiger partial charge on any atom is -0.241 e. The van der Waals surface area contributed by atoms with E-state index in [0.717, 1.165) is 36.9 Å². The van der Waals surface area contributed by atoms with Gasteiger partial charge in [-0.2, -0.15) is 0 Å². The molecule has 0 saturated carbocycles. The Morgan fingerprint density at radius 1 is 1.31 bits per heavy atom. The first kappa shape index (κ1) is 12.1. The quantitative estimate of drug-likeness (QED) is 0.618. The summed E-state index contributed by atoms with van der Waals surface area (Å²) < 4.78 is 22.0. The van der Waals surface area contributed by atoms with Crippen molar-refractivity contribution in [3.8, 4) is 0 Å². The molecule has 0 amide bonds. The Hall–Kier alpha value is -0.320. The van der Waals surface area contributed by atoms with E-state index in [-0.39, 0.29) is 10.9 Å². The summed E-state index contributed by atoms with van der Waals surface area (Å²) in [6.45, 7) is 0. The van der Waals surface area contributed by atoms with E-state index < -0.39 is 9.05 Å². The predicted octanol–water partition coefficient (Wildman–Crippen LogP) is 2.68. The molecule has 3 nitrogen and oxygen atoms in total. The molecule has 16 heavy (non-hydrogen) atoms. The maximum Gasteiger partial charge on any atom is 0.236 e. The number of aryl methyl sites for hydroxylation is 2. The average molecular weight is 280 g/mol. The van der Waals surface area contributed by atoms with Crippen molar-refractivity contribution in [1.82, 2.24) is 4.98 Å². The van der Waals surface area contributed by atoms with Gasteiger partial charge in [0.2, 0.25) is 9.05 Å². The second-order valence-corrected chi connectivity index (χ2v) is 7.07. The predicted molar refractivity (Wildman–Crippen MR) is 64.4 cm³/mol. The molecule has 1 aliphatic carbocycles. The average Bonchev–Trinajstić information content (AvgIpc) is 2.17. The van der Waals surface area contributed by atoms with Gasteiger partial charge >= 0.3 is 0 Å².